The standard InChI is InChI=1S/C22H29F6N3O4/c1-18(2,21(23,24)25)12-33-15-7-6-14(30-15)17(32)35-19(3,4)9-10-20(5,22(26,27)28)13-34-16-8-11-29-31-16/h6-8,11,14H,9-10,12-13H2,1-5H3,(H,29,31). The monoisotopic (exact) mass is 513 g/mol. The summed E-state index contributed by atoms with van der Waals surface area (Å²) < 4.78 is 95.8. The van der Waals surface area contributed by atoms with E-state index < -0.39 is 60.4 Å². The maximum absolute atomic E-state index is 13.8. The second kappa shape index (κ2) is 10.1. The van der Waals surface area contributed by atoms with Crippen molar-refractivity contribution in [1.82, 2.24) is 10.2 Å². The molecule has 13 heteroatoms. The topological polar surface area (TPSA) is 85.8 Å². The molecule has 1 aliphatic rings. The van der Waals surface area contributed by atoms with Gasteiger partial charge in [0.05, 0.1) is 17.0 Å². The first-order chi connectivity index (χ1) is 15.9. The minimum Gasteiger partial charge on any atom is -0.477 e. The van der Waals surface area contributed by atoms with Gasteiger partial charge in [0.15, 0.2) is 6.04 Å². The van der Waals surface area contributed by atoms with Gasteiger partial charge in [-0.3, -0.25) is 0 Å². The number of ether oxygens (including phenoxy) is 3. The van der Waals surface area contributed by atoms with Gasteiger partial charge in [0, 0.05) is 6.07 Å². The molecule has 1 aromatic heterocycles. The number of carbonyl (C=O) groups is 1. The van der Waals surface area contributed by atoms with Crippen LogP contribution in [0.1, 0.15) is 47.5 Å². The van der Waals surface area contributed by atoms with Gasteiger partial charge in [-0.15, -0.1) is 0 Å². The summed E-state index contributed by atoms with van der Waals surface area (Å²) in [6, 6.07) is 0.219. The van der Waals surface area contributed by atoms with Gasteiger partial charge < -0.3 is 14.2 Å². The lowest BCUT2D eigenvalue weighted by atomic mass is 9.82. The van der Waals surface area contributed by atoms with E-state index >= 15 is 0 Å². The number of rotatable bonds is 10. The van der Waals surface area contributed by atoms with E-state index in [0.717, 1.165) is 20.8 Å². The van der Waals surface area contributed by atoms with Crippen LogP contribution in [-0.4, -0.2) is 59.3 Å². The summed E-state index contributed by atoms with van der Waals surface area (Å²) in [5.41, 5.74) is -5.65. The highest BCUT2D eigenvalue weighted by atomic mass is 19.4. The molecule has 0 amide bonds. The smallest absolute Gasteiger partial charge is 0.397 e. The lowest BCUT2D eigenvalue weighted by Gasteiger charge is -2.35. The molecule has 0 aromatic carbocycles. The number of nitrogens with one attached hydrogen (secondary N) is 1. The first-order valence-corrected chi connectivity index (χ1v) is 10.7. The number of alkyl halides is 6. The van der Waals surface area contributed by atoms with Crippen LogP contribution in [0.25, 0.3) is 0 Å². The molecular formula is C22H29F6N3O4. The summed E-state index contributed by atoms with van der Waals surface area (Å²) in [4.78, 5) is 16.4. The Morgan fingerprint density at radius 2 is 1.63 bits per heavy atom. The number of nitrogens with zero attached hydrogens (tertiary/aromatic N) is 2. The molecule has 0 saturated carbocycles. The van der Waals surface area contributed by atoms with Crippen molar-refractivity contribution < 1.29 is 45.3 Å². The maximum Gasteiger partial charge on any atom is 0.397 e. The lowest BCUT2D eigenvalue weighted by molar-refractivity contribution is -0.232. The zero-order valence-electron chi connectivity index (χ0n) is 20.0. The van der Waals surface area contributed by atoms with Crippen LogP contribution in [-0.2, 0) is 14.3 Å². The van der Waals surface area contributed by atoms with Gasteiger partial charge in [0.2, 0.25) is 11.8 Å². The molecule has 35 heavy (non-hydrogen) atoms. The van der Waals surface area contributed by atoms with Crippen molar-refractivity contribution in [3.8, 4) is 5.88 Å². The molecule has 7 nitrogen and oxygen atoms in total. The van der Waals surface area contributed by atoms with Crippen molar-refractivity contribution >= 4 is 11.9 Å². The molecule has 2 atom stereocenters. The molecule has 0 radical (unpaired) electrons. The van der Waals surface area contributed by atoms with Gasteiger partial charge in [0.25, 0.3) is 0 Å². The quantitative estimate of drug-likeness (QED) is 0.335. The highest BCUT2D eigenvalue weighted by Crippen LogP contribution is 2.43. The summed E-state index contributed by atoms with van der Waals surface area (Å²) in [6.45, 7) is 4.49. The minimum atomic E-state index is -4.60. The fourth-order valence-electron chi connectivity index (χ4n) is 2.77. The van der Waals surface area contributed by atoms with Gasteiger partial charge in [-0.05, 0) is 59.6 Å². The normalized spacial score (nSPS) is 18.7. The maximum atomic E-state index is 13.8. The third-order valence-electron chi connectivity index (χ3n) is 5.64. The Bertz CT molecular complexity index is 923. The Labute approximate surface area is 198 Å². The average molecular weight is 513 g/mol. The van der Waals surface area contributed by atoms with Crippen LogP contribution < -0.4 is 4.74 Å². The third kappa shape index (κ3) is 7.63. The van der Waals surface area contributed by atoms with Gasteiger partial charge in [-0.1, -0.05) is 0 Å². The Hall–Kier alpha value is -2.73. The van der Waals surface area contributed by atoms with Gasteiger partial charge in [0.1, 0.15) is 18.8 Å². The average Bonchev–Trinajstić information content (AvgIpc) is 3.39. The number of aromatic amines is 1. The number of halogens is 6. The van der Waals surface area contributed by atoms with Gasteiger partial charge >= 0.3 is 18.3 Å². The first-order valence-electron chi connectivity index (χ1n) is 10.7. The van der Waals surface area contributed by atoms with E-state index in [-0.39, 0.29) is 18.2 Å². The molecule has 0 spiro atoms. The van der Waals surface area contributed by atoms with Crippen molar-refractivity contribution in [2.75, 3.05) is 13.2 Å². The summed E-state index contributed by atoms with van der Waals surface area (Å²) in [5, 5.41) is 6.04. The summed E-state index contributed by atoms with van der Waals surface area (Å²) >= 11 is 0. The van der Waals surface area contributed by atoms with Crippen LogP contribution >= 0.6 is 0 Å². The molecular weight excluding hydrogens is 484 g/mol. The highest BCUT2D eigenvalue weighted by molar-refractivity contribution is 5.95. The van der Waals surface area contributed by atoms with E-state index in [1.807, 2.05) is 0 Å². The zero-order valence-corrected chi connectivity index (χ0v) is 20.0. The minimum absolute atomic E-state index is 0.0914. The van der Waals surface area contributed by atoms with E-state index in [9.17, 15) is 31.1 Å². The molecule has 198 valence electrons. The SMILES string of the molecule is CC(C)(CCC(C)(COc1ccn[nH]1)C(F)(F)F)OC(=O)C1C=CC(OCC(C)(C)C(F)(F)F)=N1. The Morgan fingerprint density at radius 1 is 0.971 bits per heavy atom. The summed E-state index contributed by atoms with van der Waals surface area (Å²) in [6.07, 6.45) is -5.77. The van der Waals surface area contributed by atoms with E-state index in [4.69, 9.17) is 14.2 Å². The van der Waals surface area contributed by atoms with Crippen LogP contribution in [0, 0.1) is 10.8 Å². The van der Waals surface area contributed by atoms with Crippen LogP contribution in [0.5, 0.6) is 5.88 Å². The van der Waals surface area contributed by atoms with Crippen molar-refractivity contribution in [3.63, 3.8) is 0 Å². The van der Waals surface area contributed by atoms with Crippen LogP contribution in [0.15, 0.2) is 29.4 Å². The molecule has 1 N–H and O–H groups in total. The summed E-state index contributed by atoms with van der Waals surface area (Å²) in [5.74, 6) is -0.932. The predicted octanol–water partition coefficient (Wildman–Crippen LogP) is 5.40. The van der Waals surface area contributed by atoms with Crippen molar-refractivity contribution in [2.24, 2.45) is 15.8 Å². The number of hydrogen-bond acceptors (Lipinski definition) is 6. The van der Waals surface area contributed by atoms with Gasteiger partial charge in [-0.25, -0.2) is 14.9 Å². The Morgan fingerprint density at radius 3 is 2.17 bits per heavy atom. The van der Waals surface area contributed by atoms with Gasteiger partial charge in [-0.2, -0.15) is 31.4 Å². The molecule has 0 saturated heterocycles. The molecule has 0 fully saturated rings. The number of hydrogen-bond donors (Lipinski definition) is 1. The van der Waals surface area contributed by atoms with E-state index in [1.54, 1.807) is 0 Å². The van der Waals surface area contributed by atoms with Crippen LogP contribution in [0.3, 0.4) is 0 Å². The largest absolute Gasteiger partial charge is 0.477 e. The number of aromatic nitrogens is 2. The number of carbonyl (C=O) groups excluding carboxylic acids is 1. The highest BCUT2D eigenvalue weighted by Gasteiger charge is 2.52. The van der Waals surface area contributed by atoms with Crippen molar-refractivity contribution in [3.05, 3.63) is 24.4 Å². The third-order valence-corrected chi connectivity index (χ3v) is 5.64. The number of H-pyrrole nitrogens is 1. The van der Waals surface area contributed by atoms with Crippen molar-refractivity contribution in [2.45, 2.75) is 71.5 Å². The molecule has 1 aromatic rings. The first kappa shape index (κ1) is 28.5. The molecule has 2 unspecified atom stereocenters. The number of esters is 1. The molecule has 2 rings (SSSR count). The molecule has 0 bridgehead atoms. The van der Waals surface area contributed by atoms with E-state index in [0.29, 0.717) is 0 Å². The molecule has 1 aliphatic heterocycles. The zero-order chi connectivity index (χ0) is 26.7. The number of aliphatic imine (C=N–C) groups is 1. The van der Waals surface area contributed by atoms with E-state index in [1.165, 1.54) is 38.3 Å². The van der Waals surface area contributed by atoms with Crippen LogP contribution in [0.2, 0.25) is 0 Å². The second-order valence-electron chi connectivity index (χ2n) is 9.89. The molecule has 0 aliphatic carbocycles. The fourth-order valence-corrected chi connectivity index (χ4v) is 2.77. The molecule has 2 heterocycles. The van der Waals surface area contributed by atoms with Crippen molar-refractivity contribution in [1.29, 1.82) is 0 Å². The van der Waals surface area contributed by atoms with Crippen LogP contribution in [0.4, 0.5) is 26.3 Å². The summed E-state index contributed by atoms with van der Waals surface area (Å²) in [7, 11) is 0. The van der Waals surface area contributed by atoms with E-state index in [2.05, 4.69) is 15.2 Å². The Balaban J connectivity index is 1.94. The second-order valence-corrected chi connectivity index (χ2v) is 9.89. The fraction of sp³-hybridized carbons (Fsp3) is 0.682. The predicted molar refractivity (Wildman–Crippen MR) is 114 cm³/mol. The lowest BCUT2D eigenvalue weighted by Crippen LogP contribution is -2.43. The Kier molecular flexibility index (Phi) is 8.22.